The van der Waals surface area contributed by atoms with Crippen molar-refractivity contribution >= 4 is 17.2 Å². The zero-order chi connectivity index (χ0) is 13.8. The van der Waals surface area contributed by atoms with E-state index in [1.54, 1.807) is 11.3 Å². The Bertz CT molecular complexity index is 401. The molecule has 1 aromatic heterocycles. The van der Waals surface area contributed by atoms with E-state index in [-0.39, 0.29) is 18.0 Å². The number of nitrogens with zero attached hydrogens (tertiary/aromatic N) is 2. The topological polar surface area (TPSA) is 35.6 Å². The van der Waals surface area contributed by atoms with Crippen LogP contribution in [0.2, 0.25) is 0 Å². The van der Waals surface area contributed by atoms with Crippen LogP contribution in [0.5, 0.6) is 0 Å². The molecule has 0 bridgehead atoms. The standard InChI is InChI=1S/C14H23N3OS/c1-11(13-5-4-10-19-13)16(3)12(2)14(18)17-8-6-15-7-9-17/h4-5,10-12,15H,6-9H2,1-3H3. The van der Waals surface area contributed by atoms with Gasteiger partial charge in [-0.25, -0.2) is 0 Å². The van der Waals surface area contributed by atoms with E-state index in [0.29, 0.717) is 0 Å². The lowest BCUT2D eigenvalue weighted by atomic mass is 10.1. The number of thiophene rings is 1. The van der Waals surface area contributed by atoms with Gasteiger partial charge in [0.05, 0.1) is 6.04 Å². The molecule has 2 rings (SSSR count). The highest BCUT2D eigenvalue weighted by Crippen LogP contribution is 2.25. The van der Waals surface area contributed by atoms with Crippen molar-refractivity contribution in [2.75, 3.05) is 33.2 Å². The normalized spacial score (nSPS) is 19.5. The summed E-state index contributed by atoms with van der Waals surface area (Å²) in [6.07, 6.45) is 0. The monoisotopic (exact) mass is 281 g/mol. The first-order chi connectivity index (χ1) is 9.11. The Morgan fingerprint density at radius 3 is 2.68 bits per heavy atom. The van der Waals surface area contributed by atoms with Crippen LogP contribution in [0.1, 0.15) is 24.8 Å². The molecule has 1 amide bonds. The summed E-state index contributed by atoms with van der Waals surface area (Å²) < 4.78 is 0. The molecule has 5 heteroatoms. The van der Waals surface area contributed by atoms with Crippen LogP contribution < -0.4 is 5.32 Å². The molecule has 0 aromatic carbocycles. The van der Waals surface area contributed by atoms with Gasteiger partial charge in [0.1, 0.15) is 0 Å². The molecule has 106 valence electrons. The van der Waals surface area contributed by atoms with Crippen LogP contribution in [0.3, 0.4) is 0 Å². The van der Waals surface area contributed by atoms with Gasteiger partial charge in [0.2, 0.25) is 5.91 Å². The predicted molar refractivity (Wildman–Crippen MR) is 79.4 cm³/mol. The minimum atomic E-state index is -0.0739. The Morgan fingerprint density at radius 2 is 2.11 bits per heavy atom. The zero-order valence-corrected chi connectivity index (χ0v) is 12.7. The molecule has 0 spiro atoms. The molecule has 2 heterocycles. The summed E-state index contributed by atoms with van der Waals surface area (Å²) >= 11 is 1.75. The SMILES string of the molecule is CC(C(=O)N1CCNCC1)N(C)C(C)c1cccs1. The lowest BCUT2D eigenvalue weighted by Gasteiger charge is -2.35. The summed E-state index contributed by atoms with van der Waals surface area (Å²) in [4.78, 5) is 17.9. The summed E-state index contributed by atoms with van der Waals surface area (Å²) in [5.74, 6) is 0.243. The Morgan fingerprint density at radius 1 is 1.42 bits per heavy atom. The van der Waals surface area contributed by atoms with Crippen molar-refractivity contribution in [2.24, 2.45) is 0 Å². The van der Waals surface area contributed by atoms with Crippen molar-refractivity contribution in [3.05, 3.63) is 22.4 Å². The van der Waals surface area contributed by atoms with Crippen molar-refractivity contribution in [2.45, 2.75) is 25.9 Å². The minimum Gasteiger partial charge on any atom is -0.339 e. The Labute approximate surface area is 119 Å². The van der Waals surface area contributed by atoms with Crippen LogP contribution in [0.15, 0.2) is 17.5 Å². The predicted octanol–water partition coefficient (Wildman–Crippen LogP) is 1.56. The van der Waals surface area contributed by atoms with Crippen molar-refractivity contribution in [1.82, 2.24) is 15.1 Å². The number of amides is 1. The molecule has 1 N–H and O–H groups in total. The summed E-state index contributed by atoms with van der Waals surface area (Å²) in [7, 11) is 2.04. The number of rotatable bonds is 4. The van der Waals surface area contributed by atoms with Crippen LogP contribution >= 0.6 is 11.3 Å². The van der Waals surface area contributed by atoms with Crippen molar-refractivity contribution in [1.29, 1.82) is 0 Å². The number of likely N-dealkylation sites (N-methyl/N-ethyl adjacent to an activating group) is 1. The smallest absolute Gasteiger partial charge is 0.239 e. The first-order valence-corrected chi connectivity index (χ1v) is 7.74. The van der Waals surface area contributed by atoms with Gasteiger partial charge in [-0.3, -0.25) is 9.69 Å². The number of nitrogens with one attached hydrogen (secondary N) is 1. The summed E-state index contributed by atoms with van der Waals surface area (Å²) in [6.45, 7) is 7.63. The van der Waals surface area contributed by atoms with Crippen molar-refractivity contribution < 1.29 is 4.79 Å². The highest BCUT2D eigenvalue weighted by Gasteiger charge is 2.28. The maximum atomic E-state index is 12.5. The Hall–Kier alpha value is -0.910. The third-order valence-electron chi connectivity index (χ3n) is 3.96. The molecular weight excluding hydrogens is 258 g/mol. The van der Waals surface area contributed by atoms with E-state index in [0.717, 1.165) is 26.2 Å². The van der Waals surface area contributed by atoms with E-state index in [2.05, 4.69) is 34.7 Å². The van der Waals surface area contributed by atoms with E-state index >= 15 is 0 Å². The first-order valence-electron chi connectivity index (χ1n) is 6.86. The first kappa shape index (κ1) is 14.5. The van der Waals surface area contributed by atoms with Gasteiger partial charge in [0, 0.05) is 37.1 Å². The van der Waals surface area contributed by atoms with E-state index in [1.165, 1.54) is 4.88 Å². The van der Waals surface area contributed by atoms with Crippen molar-refractivity contribution in [3.63, 3.8) is 0 Å². The number of hydrogen-bond donors (Lipinski definition) is 1. The molecular formula is C14H23N3OS. The second-order valence-electron chi connectivity index (χ2n) is 5.11. The second-order valence-corrected chi connectivity index (χ2v) is 6.09. The maximum absolute atomic E-state index is 12.5. The number of piperazine rings is 1. The van der Waals surface area contributed by atoms with Crippen LogP contribution in [-0.4, -0.2) is 55.0 Å². The van der Waals surface area contributed by atoms with Gasteiger partial charge < -0.3 is 10.2 Å². The molecule has 19 heavy (non-hydrogen) atoms. The molecule has 0 radical (unpaired) electrons. The molecule has 1 aliphatic heterocycles. The van der Waals surface area contributed by atoms with Gasteiger partial charge in [0.25, 0.3) is 0 Å². The molecule has 1 aliphatic rings. The highest BCUT2D eigenvalue weighted by atomic mass is 32.1. The fourth-order valence-electron chi connectivity index (χ4n) is 2.39. The van der Waals surface area contributed by atoms with E-state index in [4.69, 9.17) is 0 Å². The van der Waals surface area contributed by atoms with Gasteiger partial charge >= 0.3 is 0 Å². The van der Waals surface area contributed by atoms with E-state index in [1.807, 2.05) is 18.9 Å². The average Bonchev–Trinajstić information content (AvgIpc) is 2.99. The molecule has 2 unspecified atom stereocenters. The maximum Gasteiger partial charge on any atom is 0.239 e. The van der Waals surface area contributed by atoms with E-state index < -0.39 is 0 Å². The molecule has 1 aromatic rings. The Balaban J connectivity index is 1.97. The lowest BCUT2D eigenvalue weighted by Crippen LogP contribution is -2.52. The van der Waals surface area contributed by atoms with Crippen LogP contribution in [0, 0.1) is 0 Å². The molecule has 4 nitrogen and oxygen atoms in total. The largest absolute Gasteiger partial charge is 0.339 e. The van der Waals surface area contributed by atoms with Gasteiger partial charge in [-0.1, -0.05) is 6.07 Å². The number of carbonyl (C=O) groups excluding carboxylic acids is 1. The number of hydrogen-bond acceptors (Lipinski definition) is 4. The molecule has 0 aliphatic carbocycles. The molecule has 0 saturated carbocycles. The molecule has 1 saturated heterocycles. The second kappa shape index (κ2) is 6.50. The van der Waals surface area contributed by atoms with Gasteiger partial charge in [0.15, 0.2) is 0 Å². The average molecular weight is 281 g/mol. The molecule has 1 fully saturated rings. The summed E-state index contributed by atoms with van der Waals surface area (Å²) in [5, 5.41) is 5.36. The number of carbonyl (C=O) groups is 1. The van der Waals surface area contributed by atoms with Crippen molar-refractivity contribution in [3.8, 4) is 0 Å². The lowest BCUT2D eigenvalue weighted by molar-refractivity contribution is -0.137. The van der Waals surface area contributed by atoms with Crippen LogP contribution in [0.4, 0.5) is 0 Å². The fraction of sp³-hybridized carbons (Fsp3) is 0.643. The Kier molecular flexibility index (Phi) is 4.96. The third-order valence-corrected chi connectivity index (χ3v) is 5.01. The molecule has 2 atom stereocenters. The van der Waals surface area contributed by atoms with Crippen LogP contribution in [0.25, 0.3) is 0 Å². The zero-order valence-electron chi connectivity index (χ0n) is 11.9. The minimum absolute atomic E-state index is 0.0739. The van der Waals surface area contributed by atoms with Gasteiger partial charge in [-0.2, -0.15) is 0 Å². The quantitative estimate of drug-likeness (QED) is 0.910. The van der Waals surface area contributed by atoms with E-state index in [9.17, 15) is 4.79 Å². The fourth-order valence-corrected chi connectivity index (χ4v) is 3.22. The van der Waals surface area contributed by atoms with Gasteiger partial charge in [-0.15, -0.1) is 11.3 Å². The third kappa shape index (κ3) is 3.35. The van der Waals surface area contributed by atoms with Crippen LogP contribution in [-0.2, 0) is 4.79 Å². The highest BCUT2D eigenvalue weighted by molar-refractivity contribution is 7.10. The summed E-state index contributed by atoms with van der Waals surface area (Å²) in [6, 6.07) is 4.40. The van der Waals surface area contributed by atoms with Gasteiger partial charge in [-0.05, 0) is 32.3 Å². The summed E-state index contributed by atoms with van der Waals surface area (Å²) in [5.41, 5.74) is 0.